The van der Waals surface area contributed by atoms with Crippen molar-refractivity contribution < 1.29 is 15.0 Å². The van der Waals surface area contributed by atoms with Crippen LogP contribution in [0.1, 0.15) is 42.4 Å². The van der Waals surface area contributed by atoms with Crippen LogP contribution in [0, 0.1) is 29.1 Å². The number of carbonyl (C=O) groups excluding carboxylic acids is 1. The number of fused-ring (bicyclic) bond motifs is 2. The van der Waals surface area contributed by atoms with E-state index in [-0.39, 0.29) is 11.8 Å². The predicted octanol–water partition coefficient (Wildman–Crippen LogP) is 2.18. The van der Waals surface area contributed by atoms with Crippen LogP contribution in [0.4, 0.5) is 5.82 Å². The lowest BCUT2D eigenvalue weighted by molar-refractivity contribution is -0.132. The molecule has 9 nitrogen and oxygen atoms in total. The number of imidazole rings is 1. The summed E-state index contributed by atoms with van der Waals surface area (Å²) in [7, 11) is 1.55. The van der Waals surface area contributed by atoms with E-state index in [0.717, 1.165) is 11.4 Å². The third kappa shape index (κ3) is 3.61. The van der Waals surface area contributed by atoms with Crippen molar-refractivity contribution in [1.82, 2.24) is 24.8 Å². The minimum atomic E-state index is -1.16. The minimum Gasteiger partial charge on any atom is -0.389 e. The normalized spacial score (nSPS) is 29.3. The monoisotopic (exact) mass is 512 g/mol. The van der Waals surface area contributed by atoms with E-state index in [1.54, 1.807) is 24.0 Å². The maximum Gasteiger partial charge on any atom is 0.229 e. The van der Waals surface area contributed by atoms with Gasteiger partial charge in [-0.3, -0.25) is 4.79 Å². The summed E-state index contributed by atoms with van der Waals surface area (Å²) in [4.78, 5) is 27.2. The number of rotatable bonds is 5. The number of amides is 1. The van der Waals surface area contributed by atoms with Gasteiger partial charge in [-0.15, -0.1) is 11.3 Å². The summed E-state index contributed by atoms with van der Waals surface area (Å²) in [5.74, 6) is 7.15. The minimum absolute atomic E-state index is 0.214. The Bertz CT molecular complexity index is 1370. The van der Waals surface area contributed by atoms with E-state index in [2.05, 4.69) is 37.4 Å². The Labute approximate surface area is 210 Å². The Morgan fingerprint density at radius 2 is 2.14 bits per heavy atom. The van der Waals surface area contributed by atoms with Crippen LogP contribution in [0.15, 0.2) is 18.5 Å². The van der Waals surface area contributed by atoms with Gasteiger partial charge in [0, 0.05) is 19.5 Å². The second-order valence-electron chi connectivity index (χ2n) is 9.61. The summed E-state index contributed by atoms with van der Waals surface area (Å²) >= 11 is 7.41. The molecule has 35 heavy (non-hydrogen) atoms. The summed E-state index contributed by atoms with van der Waals surface area (Å²) in [5.41, 5.74) is 0.115. The Morgan fingerprint density at radius 3 is 2.83 bits per heavy atom. The molecular formula is C24H25ClN6O3S. The fourth-order valence-electron chi connectivity index (χ4n) is 5.54. The molecule has 3 saturated carbocycles. The van der Waals surface area contributed by atoms with Gasteiger partial charge in [0.1, 0.15) is 6.10 Å². The number of hydrogen-bond donors (Lipinski definition) is 4. The lowest BCUT2D eigenvalue weighted by Gasteiger charge is -2.25. The molecule has 182 valence electrons. The number of aromatic nitrogens is 4. The summed E-state index contributed by atoms with van der Waals surface area (Å²) in [6.07, 6.45) is 3.47. The number of nitrogens with one attached hydrogen (secondary N) is 2. The molecule has 11 heteroatoms. The topological polar surface area (TPSA) is 125 Å². The Morgan fingerprint density at radius 1 is 1.31 bits per heavy atom. The molecule has 0 radical (unpaired) electrons. The molecule has 6 rings (SSSR count). The Hall–Kier alpha value is -2.71. The van der Waals surface area contributed by atoms with Crippen LogP contribution in [-0.2, 0) is 4.79 Å². The number of aliphatic hydroxyl groups is 2. The van der Waals surface area contributed by atoms with E-state index in [0.29, 0.717) is 39.5 Å². The first-order valence-corrected chi connectivity index (χ1v) is 13.0. The first-order valence-electron chi connectivity index (χ1n) is 11.8. The first kappa shape index (κ1) is 22.7. The molecule has 3 aliphatic rings. The van der Waals surface area contributed by atoms with Crippen LogP contribution >= 0.6 is 22.9 Å². The van der Waals surface area contributed by atoms with Gasteiger partial charge in [0.2, 0.25) is 11.7 Å². The second-order valence-corrected chi connectivity index (χ2v) is 11.3. The van der Waals surface area contributed by atoms with E-state index in [1.165, 1.54) is 30.6 Å². The molecule has 4 N–H and O–H groups in total. The number of thiophene rings is 1. The SMILES string of the molecule is CNC(=O)[C@]12CC1[C@@H](n1cnc3c(NCC4CCC4)nc(C#Cc4ccc(Cl)s4)nc31)C(O)[C@@H]2O. The predicted molar refractivity (Wildman–Crippen MR) is 132 cm³/mol. The molecule has 2 unspecified atom stereocenters. The van der Waals surface area contributed by atoms with Crippen molar-refractivity contribution in [3.8, 4) is 11.8 Å². The fourth-order valence-corrected chi connectivity index (χ4v) is 6.43. The molecule has 1 amide bonds. The van der Waals surface area contributed by atoms with Crippen LogP contribution in [0.2, 0.25) is 4.34 Å². The summed E-state index contributed by atoms with van der Waals surface area (Å²) in [5, 5.41) is 27.8. The van der Waals surface area contributed by atoms with E-state index in [9.17, 15) is 15.0 Å². The summed E-state index contributed by atoms with van der Waals surface area (Å²) in [6, 6.07) is 3.11. The van der Waals surface area contributed by atoms with E-state index >= 15 is 0 Å². The molecule has 3 fully saturated rings. The number of hydrogen-bond acceptors (Lipinski definition) is 8. The van der Waals surface area contributed by atoms with Gasteiger partial charge in [-0.2, -0.15) is 0 Å². The number of halogens is 1. The van der Waals surface area contributed by atoms with Gasteiger partial charge in [-0.25, -0.2) is 15.0 Å². The van der Waals surface area contributed by atoms with Crippen molar-refractivity contribution in [3.05, 3.63) is 33.5 Å². The molecule has 3 aromatic heterocycles. The third-order valence-electron chi connectivity index (χ3n) is 7.72. The van der Waals surface area contributed by atoms with Crippen LogP contribution in [0.5, 0.6) is 0 Å². The molecular weight excluding hydrogens is 488 g/mol. The third-order valence-corrected chi connectivity index (χ3v) is 8.87. The molecule has 0 spiro atoms. The Balaban J connectivity index is 1.40. The number of carbonyl (C=O) groups is 1. The number of aliphatic hydroxyl groups excluding tert-OH is 2. The van der Waals surface area contributed by atoms with Crippen molar-refractivity contribution in [2.45, 2.75) is 43.9 Å². The van der Waals surface area contributed by atoms with E-state index in [1.807, 2.05) is 6.07 Å². The average molecular weight is 513 g/mol. The molecule has 3 aromatic rings. The maximum absolute atomic E-state index is 12.6. The van der Waals surface area contributed by atoms with Gasteiger partial charge in [0.15, 0.2) is 17.0 Å². The number of anilines is 1. The lowest BCUT2D eigenvalue weighted by Crippen LogP contribution is -2.41. The quantitative estimate of drug-likeness (QED) is 0.386. The molecule has 3 heterocycles. The molecule has 3 aliphatic carbocycles. The largest absolute Gasteiger partial charge is 0.389 e. The maximum atomic E-state index is 12.6. The van der Waals surface area contributed by atoms with Crippen molar-refractivity contribution in [1.29, 1.82) is 0 Å². The van der Waals surface area contributed by atoms with E-state index < -0.39 is 23.7 Å². The van der Waals surface area contributed by atoms with Crippen molar-refractivity contribution in [2.75, 3.05) is 18.9 Å². The highest BCUT2D eigenvalue weighted by Crippen LogP contribution is 2.67. The van der Waals surface area contributed by atoms with Gasteiger partial charge in [0.25, 0.3) is 0 Å². The zero-order valence-corrected chi connectivity index (χ0v) is 20.6. The molecule has 5 atom stereocenters. The fraction of sp³-hybridized carbons (Fsp3) is 0.500. The van der Waals surface area contributed by atoms with Crippen LogP contribution in [-0.4, -0.2) is 61.4 Å². The molecule has 0 aliphatic heterocycles. The van der Waals surface area contributed by atoms with Crippen molar-refractivity contribution >= 4 is 45.8 Å². The smallest absolute Gasteiger partial charge is 0.229 e. The highest BCUT2D eigenvalue weighted by atomic mass is 35.5. The highest BCUT2D eigenvalue weighted by molar-refractivity contribution is 7.16. The van der Waals surface area contributed by atoms with Crippen molar-refractivity contribution in [2.24, 2.45) is 17.3 Å². The van der Waals surface area contributed by atoms with Gasteiger partial charge in [-0.05, 0) is 49.2 Å². The zero-order valence-electron chi connectivity index (χ0n) is 19.0. The second kappa shape index (κ2) is 8.45. The molecule has 0 saturated heterocycles. The van der Waals surface area contributed by atoms with Crippen LogP contribution in [0.25, 0.3) is 11.2 Å². The molecule has 0 aromatic carbocycles. The summed E-state index contributed by atoms with van der Waals surface area (Å²) < 4.78 is 2.43. The first-order chi connectivity index (χ1) is 16.9. The highest BCUT2D eigenvalue weighted by Gasteiger charge is 2.75. The zero-order chi connectivity index (χ0) is 24.3. The van der Waals surface area contributed by atoms with Gasteiger partial charge < -0.3 is 25.4 Å². The van der Waals surface area contributed by atoms with Gasteiger partial charge in [-0.1, -0.05) is 18.0 Å². The lowest BCUT2D eigenvalue weighted by atomic mass is 9.85. The van der Waals surface area contributed by atoms with Gasteiger partial charge >= 0.3 is 0 Å². The average Bonchev–Trinajstić information content (AvgIpc) is 3.06. The van der Waals surface area contributed by atoms with Crippen LogP contribution in [0.3, 0.4) is 0 Å². The van der Waals surface area contributed by atoms with Gasteiger partial charge in [0.05, 0.1) is 33.1 Å². The Kier molecular flexibility index (Phi) is 5.49. The van der Waals surface area contributed by atoms with Crippen molar-refractivity contribution in [3.63, 3.8) is 0 Å². The molecule has 0 bridgehead atoms. The summed E-state index contributed by atoms with van der Waals surface area (Å²) in [6.45, 7) is 0.791. The van der Waals surface area contributed by atoms with E-state index in [4.69, 9.17) is 11.6 Å². The number of nitrogens with zero attached hydrogens (tertiary/aromatic N) is 4. The van der Waals surface area contributed by atoms with Crippen LogP contribution < -0.4 is 10.6 Å². The standard InChI is InChI=1S/C24H25ClN6O3S/c1-26-23(34)24-9-14(24)18(19(32)20(24)33)31-11-28-17-21(27-10-12-3-2-4-12)29-16(30-22(17)31)8-6-13-5-7-15(25)35-13/h5,7,11-12,14,18-20,32-33H,2-4,9-10H2,1H3,(H,26,34)(H,27,29,30)/t14?,18-,19?,20+,24-/m1/s1.